The lowest BCUT2D eigenvalue weighted by atomic mass is 9.83. The maximum atomic E-state index is 11.3. The second kappa shape index (κ2) is 4.02. The quantitative estimate of drug-likeness (QED) is 0.795. The third kappa shape index (κ3) is 1.86. The van der Waals surface area contributed by atoms with Gasteiger partial charge in [-0.05, 0) is 24.7 Å². The standard InChI is InChI=1S/C13H21NO2/c15-13(16)12-8-14(10-5-6-10)7-11(12)9-3-1-2-4-9/h9-12H,1-8H2,(H,15,16)/t11-,12+/m0/s1. The van der Waals surface area contributed by atoms with Crippen LogP contribution in [0.3, 0.4) is 0 Å². The van der Waals surface area contributed by atoms with Crippen molar-refractivity contribution >= 4 is 5.97 Å². The molecule has 1 heterocycles. The highest BCUT2D eigenvalue weighted by atomic mass is 16.4. The fourth-order valence-electron chi connectivity index (χ4n) is 3.72. The third-order valence-corrected chi connectivity index (χ3v) is 4.78. The topological polar surface area (TPSA) is 40.5 Å². The Hall–Kier alpha value is -0.570. The Balaban J connectivity index is 1.70. The van der Waals surface area contributed by atoms with Crippen molar-refractivity contribution in [2.45, 2.75) is 44.6 Å². The first-order chi connectivity index (χ1) is 7.75. The van der Waals surface area contributed by atoms with Crippen molar-refractivity contribution in [3.8, 4) is 0 Å². The minimum atomic E-state index is -0.556. The van der Waals surface area contributed by atoms with E-state index >= 15 is 0 Å². The van der Waals surface area contributed by atoms with Gasteiger partial charge in [0.1, 0.15) is 0 Å². The highest BCUT2D eigenvalue weighted by Gasteiger charge is 2.46. The van der Waals surface area contributed by atoms with Crippen molar-refractivity contribution in [2.75, 3.05) is 13.1 Å². The summed E-state index contributed by atoms with van der Waals surface area (Å²) in [6.45, 7) is 1.88. The number of rotatable bonds is 3. The molecule has 3 heteroatoms. The lowest BCUT2D eigenvalue weighted by molar-refractivity contribution is -0.143. The van der Waals surface area contributed by atoms with Crippen LogP contribution in [0.5, 0.6) is 0 Å². The Morgan fingerprint density at radius 1 is 1.06 bits per heavy atom. The maximum absolute atomic E-state index is 11.3. The lowest BCUT2D eigenvalue weighted by Crippen LogP contribution is -2.26. The van der Waals surface area contributed by atoms with E-state index in [4.69, 9.17) is 0 Å². The molecule has 1 N–H and O–H groups in total. The largest absolute Gasteiger partial charge is 0.481 e. The van der Waals surface area contributed by atoms with Gasteiger partial charge in [0, 0.05) is 19.1 Å². The smallest absolute Gasteiger partial charge is 0.308 e. The van der Waals surface area contributed by atoms with Crippen LogP contribution in [0.4, 0.5) is 0 Å². The fraction of sp³-hybridized carbons (Fsp3) is 0.923. The van der Waals surface area contributed by atoms with Crippen molar-refractivity contribution in [1.29, 1.82) is 0 Å². The fourth-order valence-corrected chi connectivity index (χ4v) is 3.72. The summed E-state index contributed by atoms with van der Waals surface area (Å²) in [5.74, 6) is 0.509. The molecule has 2 atom stereocenters. The average Bonchev–Trinajstić information content (AvgIpc) is 2.83. The number of aliphatic carboxylic acids is 1. The van der Waals surface area contributed by atoms with Crippen molar-refractivity contribution < 1.29 is 9.90 Å². The van der Waals surface area contributed by atoms with Gasteiger partial charge in [0.05, 0.1) is 5.92 Å². The van der Waals surface area contributed by atoms with Crippen LogP contribution in [0.15, 0.2) is 0 Å². The summed E-state index contributed by atoms with van der Waals surface area (Å²) in [4.78, 5) is 13.8. The molecule has 3 fully saturated rings. The Bertz CT molecular complexity index is 282. The van der Waals surface area contributed by atoms with Crippen LogP contribution in [-0.2, 0) is 4.79 Å². The maximum Gasteiger partial charge on any atom is 0.308 e. The minimum Gasteiger partial charge on any atom is -0.481 e. The first-order valence-electron chi connectivity index (χ1n) is 6.72. The van der Waals surface area contributed by atoms with E-state index in [1.54, 1.807) is 0 Å². The van der Waals surface area contributed by atoms with Gasteiger partial charge in [-0.2, -0.15) is 0 Å². The molecule has 1 aliphatic heterocycles. The summed E-state index contributed by atoms with van der Waals surface area (Å²) >= 11 is 0. The van der Waals surface area contributed by atoms with Gasteiger partial charge in [0.25, 0.3) is 0 Å². The van der Waals surface area contributed by atoms with Gasteiger partial charge in [0.2, 0.25) is 0 Å². The summed E-state index contributed by atoms with van der Waals surface area (Å²) in [5, 5.41) is 9.34. The first kappa shape index (κ1) is 10.6. The molecule has 16 heavy (non-hydrogen) atoms. The van der Waals surface area contributed by atoms with E-state index in [1.807, 2.05) is 0 Å². The second-order valence-corrected chi connectivity index (χ2v) is 5.84. The summed E-state index contributed by atoms with van der Waals surface area (Å²) in [7, 11) is 0. The van der Waals surface area contributed by atoms with Crippen LogP contribution in [-0.4, -0.2) is 35.1 Å². The van der Waals surface area contributed by atoms with Gasteiger partial charge < -0.3 is 5.11 Å². The van der Waals surface area contributed by atoms with Crippen LogP contribution >= 0.6 is 0 Å². The zero-order valence-corrected chi connectivity index (χ0v) is 9.77. The number of carboxylic acids is 1. The third-order valence-electron chi connectivity index (χ3n) is 4.78. The van der Waals surface area contributed by atoms with E-state index in [2.05, 4.69) is 4.90 Å². The zero-order valence-electron chi connectivity index (χ0n) is 9.77. The normalized spacial score (nSPS) is 37.0. The predicted octanol–water partition coefficient (Wildman–Crippen LogP) is 1.97. The Kier molecular flexibility index (Phi) is 2.66. The molecular weight excluding hydrogens is 202 g/mol. The number of likely N-dealkylation sites (tertiary alicyclic amines) is 1. The number of carbonyl (C=O) groups is 1. The number of hydrogen-bond acceptors (Lipinski definition) is 2. The molecule has 0 unspecified atom stereocenters. The van der Waals surface area contributed by atoms with Gasteiger partial charge in [-0.1, -0.05) is 25.7 Å². The Labute approximate surface area is 96.8 Å². The van der Waals surface area contributed by atoms with Crippen LogP contribution in [0.1, 0.15) is 38.5 Å². The number of hydrogen-bond donors (Lipinski definition) is 1. The summed E-state index contributed by atoms with van der Waals surface area (Å²) < 4.78 is 0. The lowest BCUT2D eigenvalue weighted by Gasteiger charge is -2.21. The van der Waals surface area contributed by atoms with E-state index in [9.17, 15) is 9.90 Å². The van der Waals surface area contributed by atoms with E-state index < -0.39 is 5.97 Å². The molecule has 2 aliphatic carbocycles. The van der Waals surface area contributed by atoms with Crippen LogP contribution in [0, 0.1) is 17.8 Å². The molecule has 3 nitrogen and oxygen atoms in total. The summed E-state index contributed by atoms with van der Waals surface area (Å²) in [6, 6.07) is 0.730. The first-order valence-corrected chi connectivity index (χ1v) is 6.72. The van der Waals surface area contributed by atoms with E-state index in [0.717, 1.165) is 19.1 Å². The van der Waals surface area contributed by atoms with Gasteiger partial charge in [-0.3, -0.25) is 9.69 Å². The Morgan fingerprint density at radius 3 is 2.31 bits per heavy atom. The highest BCUT2D eigenvalue weighted by molar-refractivity contribution is 5.71. The van der Waals surface area contributed by atoms with Gasteiger partial charge in [-0.25, -0.2) is 0 Å². The van der Waals surface area contributed by atoms with Crippen molar-refractivity contribution in [3.05, 3.63) is 0 Å². The second-order valence-electron chi connectivity index (χ2n) is 5.84. The molecule has 0 aromatic rings. The zero-order chi connectivity index (χ0) is 11.1. The molecule has 1 saturated heterocycles. The SMILES string of the molecule is O=C(O)[C@@H]1CN(C2CC2)C[C@H]1C1CCCC1. The van der Waals surface area contributed by atoms with Gasteiger partial charge in [-0.15, -0.1) is 0 Å². The molecule has 0 aromatic carbocycles. The molecule has 0 bridgehead atoms. The van der Waals surface area contributed by atoms with Crippen molar-refractivity contribution in [2.24, 2.45) is 17.8 Å². The molecule has 0 aromatic heterocycles. The summed E-state index contributed by atoms with van der Waals surface area (Å²) in [5.41, 5.74) is 0. The van der Waals surface area contributed by atoms with Gasteiger partial charge >= 0.3 is 5.97 Å². The molecule has 3 rings (SSSR count). The van der Waals surface area contributed by atoms with E-state index in [0.29, 0.717) is 11.8 Å². The number of nitrogens with zero attached hydrogens (tertiary/aromatic N) is 1. The van der Waals surface area contributed by atoms with E-state index in [1.165, 1.54) is 38.5 Å². The van der Waals surface area contributed by atoms with Crippen molar-refractivity contribution in [1.82, 2.24) is 4.90 Å². The predicted molar refractivity (Wildman–Crippen MR) is 61.2 cm³/mol. The molecule has 90 valence electrons. The van der Waals surface area contributed by atoms with Gasteiger partial charge in [0.15, 0.2) is 0 Å². The molecule has 0 spiro atoms. The van der Waals surface area contributed by atoms with Crippen LogP contribution < -0.4 is 0 Å². The molecule has 3 aliphatic rings. The van der Waals surface area contributed by atoms with Crippen LogP contribution in [0.25, 0.3) is 0 Å². The van der Waals surface area contributed by atoms with Crippen molar-refractivity contribution in [3.63, 3.8) is 0 Å². The Morgan fingerprint density at radius 2 is 1.75 bits per heavy atom. The van der Waals surface area contributed by atoms with Crippen LogP contribution in [0.2, 0.25) is 0 Å². The average molecular weight is 223 g/mol. The molecule has 0 amide bonds. The molecular formula is C13H21NO2. The number of carboxylic acid groups (broad SMARTS) is 1. The monoisotopic (exact) mass is 223 g/mol. The summed E-state index contributed by atoms with van der Waals surface area (Å²) in [6.07, 6.45) is 7.77. The van der Waals surface area contributed by atoms with E-state index in [-0.39, 0.29) is 5.92 Å². The molecule has 0 radical (unpaired) electrons. The highest BCUT2D eigenvalue weighted by Crippen LogP contribution is 2.42. The molecule has 2 saturated carbocycles. The minimum absolute atomic E-state index is 0.0799.